The molecule has 2 atom stereocenters. The van der Waals surface area contributed by atoms with Gasteiger partial charge in [0.05, 0.1) is 6.10 Å². The molecule has 0 bridgehead atoms. The van der Waals surface area contributed by atoms with E-state index in [2.05, 4.69) is 4.90 Å². The molecule has 0 radical (unpaired) electrons. The van der Waals surface area contributed by atoms with Gasteiger partial charge in [-0.1, -0.05) is 11.6 Å². The number of carbonyl (C=O) groups excluding carboxylic acids is 1. The number of ether oxygens (including phenoxy) is 2. The maximum absolute atomic E-state index is 12.5. The summed E-state index contributed by atoms with van der Waals surface area (Å²) in [6.45, 7) is 5.18. The van der Waals surface area contributed by atoms with Crippen LogP contribution in [0.1, 0.15) is 12.8 Å². The first kappa shape index (κ1) is 24.3. The van der Waals surface area contributed by atoms with Crippen LogP contribution in [-0.2, 0) is 9.53 Å². The van der Waals surface area contributed by atoms with Crippen LogP contribution in [0.3, 0.4) is 0 Å². The van der Waals surface area contributed by atoms with Gasteiger partial charge >= 0.3 is 0 Å². The van der Waals surface area contributed by atoms with Crippen molar-refractivity contribution in [1.29, 1.82) is 0 Å². The van der Waals surface area contributed by atoms with Crippen LogP contribution in [0, 0.1) is 0 Å². The summed E-state index contributed by atoms with van der Waals surface area (Å²) in [5, 5.41) is 0.706. The average Bonchev–Trinajstić information content (AvgIpc) is 3.13. The van der Waals surface area contributed by atoms with Crippen LogP contribution in [0.15, 0.2) is 24.3 Å². The van der Waals surface area contributed by atoms with Crippen LogP contribution in [0.4, 0.5) is 0 Å². The molecule has 3 rings (SSSR count). The second kappa shape index (κ2) is 11.9. The van der Waals surface area contributed by atoms with Crippen molar-refractivity contribution in [2.75, 3.05) is 45.9 Å². The molecule has 2 aliphatic heterocycles. The van der Waals surface area contributed by atoms with Crippen LogP contribution in [0.2, 0.25) is 5.02 Å². The Morgan fingerprint density at radius 1 is 1.15 bits per heavy atom. The van der Waals surface area contributed by atoms with Crippen molar-refractivity contribution in [2.45, 2.75) is 25.0 Å². The van der Waals surface area contributed by atoms with Crippen molar-refractivity contribution in [3.8, 4) is 5.75 Å². The normalized spacial score (nSPS) is 22.7. The molecule has 1 aromatic carbocycles. The highest BCUT2D eigenvalue weighted by atomic mass is 35.5. The topological polar surface area (TPSA) is 68.0 Å². The maximum Gasteiger partial charge on any atom is 0.251 e. The molecule has 0 aromatic heterocycles. The summed E-state index contributed by atoms with van der Waals surface area (Å²) in [6.07, 6.45) is 1.42. The molecule has 154 valence electrons. The van der Waals surface area contributed by atoms with Gasteiger partial charge in [-0.25, -0.2) is 0 Å². The SMILES string of the molecule is Cl.Cl.NC[C@H]1CC[C@@H](C(=O)N2CCN(CCOc3ccc(Cl)cc3)CC2)O1. The van der Waals surface area contributed by atoms with Crippen LogP contribution in [0.25, 0.3) is 0 Å². The Hall–Kier alpha value is -0.760. The molecule has 2 saturated heterocycles. The summed E-state index contributed by atoms with van der Waals surface area (Å²) < 4.78 is 11.4. The second-order valence-corrected chi connectivity index (χ2v) is 6.97. The molecule has 2 heterocycles. The largest absolute Gasteiger partial charge is 0.492 e. The van der Waals surface area contributed by atoms with E-state index >= 15 is 0 Å². The Morgan fingerprint density at radius 3 is 2.41 bits per heavy atom. The van der Waals surface area contributed by atoms with Crippen LogP contribution >= 0.6 is 36.4 Å². The summed E-state index contributed by atoms with van der Waals surface area (Å²) in [5.41, 5.74) is 5.61. The Balaban J connectivity index is 0.00000182. The Bertz CT molecular complexity index is 569. The predicted octanol–water partition coefficient (Wildman–Crippen LogP) is 2.21. The van der Waals surface area contributed by atoms with E-state index < -0.39 is 0 Å². The Morgan fingerprint density at radius 2 is 1.81 bits per heavy atom. The highest BCUT2D eigenvalue weighted by molar-refractivity contribution is 6.30. The van der Waals surface area contributed by atoms with Gasteiger partial charge in [-0.15, -0.1) is 24.8 Å². The fourth-order valence-corrected chi connectivity index (χ4v) is 3.41. The van der Waals surface area contributed by atoms with Gasteiger partial charge in [-0.05, 0) is 37.1 Å². The minimum atomic E-state index is -0.298. The minimum Gasteiger partial charge on any atom is -0.492 e. The Labute approximate surface area is 178 Å². The third-order valence-electron chi connectivity index (χ3n) is 4.82. The number of amides is 1. The molecule has 0 unspecified atom stereocenters. The smallest absolute Gasteiger partial charge is 0.251 e. The number of carbonyl (C=O) groups is 1. The third-order valence-corrected chi connectivity index (χ3v) is 5.07. The molecule has 27 heavy (non-hydrogen) atoms. The Kier molecular flexibility index (Phi) is 10.7. The van der Waals surface area contributed by atoms with Gasteiger partial charge in [0.15, 0.2) is 0 Å². The third kappa shape index (κ3) is 6.97. The van der Waals surface area contributed by atoms with E-state index in [1.54, 1.807) is 0 Å². The lowest BCUT2D eigenvalue weighted by molar-refractivity contribution is -0.144. The van der Waals surface area contributed by atoms with Crippen molar-refractivity contribution in [1.82, 2.24) is 9.80 Å². The number of piperazine rings is 1. The summed E-state index contributed by atoms with van der Waals surface area (Å²) in [6, 6.07) is 7.38. The zero-order valence-electron chi connectivity index (χ0n) is 15.2. The van der Waals surface area contributed by atoms with Crippen molar-refractivity contribution < 1.29 is 14.3 Å². The number of nitrogens with zero attached hydrogens (tertiary/aromatic N) is 2. The van der Waals surface area contributed by atoms with E-state index in [4.69, 9.17) is 26.8 Å². The zero-order chi connectivity index (χ0) is 17.6. The number of rotatable bonds is 6. The average molecular weight is 441 g/mol. The van der Waals surface area contributed by atoms with E-state index in [1.807, 2.05) is 29.2 Å². The summed E-state index contributed by atoms with van der Waals surface area (Å²) >= 11 is 5.86. The van der Waals surface area contributed by atoms with Gasteiger partial charge in [-0.3, -0.25) is 9.69 Å². The first-order valence-electron chi connectivity index (χ1n) is 8.91. The standard InChI is InChI=1S/C18H26ClN3O3.2ClH/c19-14-1-3-15(4-2-14)24-12-11-21-7-9-22(10-8-21)18(23)17-6-5-16(13-20)25-17;;/h1-4,16-17H,5-13,20H2;2*1H/t16-,17+;;/m1../s1. The first-order chi connectivity index (χ1) is 12.2. The molecule has 6 nitrogen and oxygen atoms in total. The fraction of sp³-hybridized carbons (Fsp3) is 0.611. The molecule has 9 heteroatoms. The number of halogens is 3. The van der Waals surface area contributed by atoms with Crippen molar-refractivity contribution >= 4 is 42.3 Å². The van der Waals surface area contributed by atoms with Gasteiger partial charge in [-0.2, -0.15) is 0 Å². The summed E-state index contributed by atoms with van der Waals surface area (Å²) in [7, 11) is 0. The van der Waals surface area contributed by atoms with Gasteiger partial charge in [0.2, 0.25) is 0 Å². The minimum absolute atomic E-state index is 0. The maximum atomic E-state index is 12.5. The van der Waals surface area contributed by atoms with Crippen LogP contribution < -0.4 is 10.5 Å². The second-order valence-electron chi connectivity index (χ2n) is 6.53. The highest BCUT2D eigenvalue weighted by Gasteiger charge is 2.33. The van der Waals surface area contributed by atoms with Crippen molar-refractivity contribution in [3.63, 3.8) is 0 Å². The number of benzene rings is 1. The monoisotopic (exact) mass is 439 g/mol. The zero-order valence-corrected chi connectivity index (χ0v) is 17.6. The summed E-state index contributed by atoms with van der Waals surface area (Å²) in [5.74, 6) is 0.944. The summed E-state index contributed by atoms with van der Waals surface area (Å²) in [4.78, 5) is 16.7. The van der Waals surface area contributed by atoms with Gasteiger partial charge in [0, 0.05) is 44.3 Å². The van der Waals surface area contributed by atoms with E-state index in [-0.39, 0.29) is 42.9 Å². The van der Waals surface area contributed by atoms with Gasteiger partial charge in [0.1, 0.15) is 18.5 Å². The predicted molar refractivity (Wildman–Crippen MR) is 111 cm³/mol. The molecule has 0 aliphatic carbocycles. The van der Waals surface area contributed by atoms with Crippen molar-refractivity contribution in [2.24, 2.45) is 5.73 Å². The van der Waals surface area contributed by atoms with Crippen LogP contribution in [-0.4, -0.2) is 73.8 Å². The highest BCUT2D eigenvalue weighted by Crippen LogP contribution is 2.21. The van der Waals surface area contributed by atoms with Gasteiger partial charge < -0.3 is 20.1 Å². The quantitative estimate of drug-likeness (QED) is 0.734. The van der Waals surface area contributed by atoms with E-state index in [9.17, 15) is 4.79 Å². The van der Waals surface area contributed by atoms with E-state index in [0.29, 0.717) is 18.2 Å². The van der Waals surface area contributed by atoms with Gasteiger partial charge in [0.25, 0.3) is 5.91 Å². The number of nitrogens with two attached hydrogens (primary N) is 1. The molecule has 0 spiro atoms. The molecule has 2 N–H and O–H groups in total. The van der Waals surface area contributed by atoms with Crippen molar-refractivity contribution in [3.05, 3.63) is 29.3 Å². The lowest BCUT2D eigenvalue weighted by Gasteiger charge is -2.35. The molecular weight excluding hydrogens is 413 g/mol. The molecule has 1 amide bonds. The first-order valence-corrected chi connectivity index (χ1v) is 9.28. The fourth-order valence-electron chi connectivity index (χ4n) is 3.28. The molecule has 0 saturated carbocycles. The van der Waals surface area contributed by atoms with Crippen LogP contribution in [0.5, 0.6) is 5.75 Å². The number of hydrogen-bond acceptors (Lipinski definition) is 5. The molecule has 1 aromatic rings. The molecule has 2 aliphatic rings. The molecule has 2 fully saturated rings. The lowest BCUT2D eigenvalue weighted by atomic mass is 10.1. The lowest BCUT2D eigenvalue weighted by Crippen LogP contribution is -2.52. The van der Waals surface area contributed by atoms with E-state index in [1.165, 1.54) is 0 Å². The molecular formula is C18H28Cl3N3O3. The van der Waals surface area contributed by atoms with E-state index in [0.717, 1.165) is 51.3 Å². The number of hydrogen-bond donors (Lipinski definition) is 1.